The number of fused-ring (bicyclic) bond motifs is 4. The van der Waals surface area contributed by atoms with E-state index in [1.165, 1.54) is 49.9 Å². The summed E-state index contributed by atoms with van der Waals surface area (Å²) >= 11 is 0. The first-order chi connectivity index (χ1) is 15.0. The second-order valence-corrected chi connectivity index (χ2v) is 9.45. The summed E-state index contributed by atoms with van der Waals surface area (Å²) < 4.78 is 11.5. The lowest BCUT2D eigenvalue weighted by Gasteiger charge is -2.54. The summed E-state index contributed by atoms with van der Waals surface area (Å²) in [7, 11) is 0. The van der Waals surface area contributed by atoms with Gasteiger partial charge in [0, 0.05) is 23.8 Å². The molecule has 2 aromatic carbocycles. The SMILES string of the molecule is CC12CCC(CC1)C(C)(C)O2.O=c1cc(-c2ccc(O)c(O)c2)oc2cc(O)cc(O)c12. The third-order valence-electron chi connectivity index (χ3n) is 6.59. The smallest absolute Gasteiger partial charge is 0.197 e. The predicted octanol–water partition coefficient (Wildman–Crippen LogP) is 5.03. The van der Waals surface area contributed by atoms with E-state index in [2.05, 4.69) is 20.8 Å². The quantitative estimate of drug-likeness (QED) is 0.392. The molecule has 1 aliphatic carbocycles. The van der Waals surface area contributed by atoms with Crippen LogP contribution in [0.1, 0.15) is 46.5 Å². The molecule has 2 saturated heterocycles. The van der Waals surface area contributed by atoms with E-state index >= 15 is 0 Å². The number of hydrogen-bond donors (Lipinski definition) is 4. The van der Waals surface area contributed by atoms with E-state index in [9.17, 15) is 25.2 Å². The number of hydrogen-bond acceptors (Lipinski definition) is 7. The molecule has 3 heterocycles. The molecule has 0 amide bonds. The van der Waals surface area contributed by atoms with E-state index in [0.717, 1.165) is 18.1 Å². The largest absolute Gasteiger partial charge is 0.508 e. The summed E-state index contributed by atoms with van der Waals surface area (Å²) in [5.41, 5.74) is 0.273. The van der Waals surface area contributed by atoms with Crippen LogP contribution in [0.25, 0.3) is 22.3 Å². The van der Waals surface area contributed by atoms with Gasteiger partial charge in [0.1, 0.15) is 28.2 Å². The Labute approximate surface area is 185 Å². The summed E-state index contributed by atoms with van der Waals surface area (Å²) in [4.78, 5) is 12.0. The zero-order chi connectivity index (χ0) is 23.3. The average molecular weight is 440 g/mol. The van der Waals surface area contributed by atoms with Gasteiger partial charge < -0.3 is 29.6 Å². The van der Waals surface area contributed by atoms with Gasteiger partial charge in [0.15, 0.2) is 16.9 Å². The van der Waals surface area contributed by atoms with Crippen molar-refractivity contribution < 1.29 is 29.6 Å². The Bertz CT molecular complexity index is 1210. The highest BCUT2D eigenvalue weighted by Crippen LogP contribution is 2.49. The molecular formula is C25H28O7. The molecule has 6 rings (SSSR count). The highest BCUT2D eigenvalue weighted by molar-refractivity contribution is 5.86. The number of phenolic OH excluding ortho intramolecular Hbond substituents is 4. The average Bonchev–Trinajstić information content (AvgIpc) is 2.68. The molecule has 0 radical (unpaired) electrons. The van der Waals surface area contributed by atoms with Gasteiger partial charge >= 0.3 is 0 Å². The molecule has 2 aliphatic heterocycles. The van der Waals surface area contributed by atoms with Gasteiger partial charge in [0.2, 0.25) is 0 Å². The Hall–Kier alpha value is -3.19. The Balaban J connectivity index is 0.000000186. The van der Waals surface area contributed by atoms with Crippen LogP contribution >= 0.6 is 0 Å². The minimum Gasteiger partial charge on any atom is -0.508 e. The Kier molecular flexibility index (Phi) is 5.33. The van der Waals surface area contributed by atoms with Crippen LogP contribution < -0.4 is 5.43 Å². The molecule has 0 atom stereocenters. The van der Waals surface area contributed by atoms with Gasteiger partial charge in [-0.2, -0.15) is 0 Å². The summed E-state index contributed by atoms with van der Waals surface area (Å²) in [6.07, 6.45) is 5.31. The van der Waals surface area contributed by atoms with Crippen LogP contribution in [0.4, 0.5) is 0 Å². The van der Waals surface area contributed by atoms with Gasteiger partial charge in [-0.25, -0.2) is 0 Å². The number of ether oxygens (including phenoxy) is 1. The molecule has 0 unspecified atom stereocenters. The summed E-state index contributed by atoms with van der Waals surface area (Å²) in [5, 5.41) is 37.9. The minimum atomic E-state index is -0.490. The summed E-state index contributed by atoms with van der Waals surface area (Å²) in [5.74, 6) is -0.309. The van der Waals surface area contributed by atoms with Crippen molar-refractivity contribution in [1.82, 2.24) is 0 Å². The third-order valence-corrected chi connectivity index (χ3v) is 6.59. The summed E-state index contributed by atoms with van der Waals surface area (Å²) in [6.45, 7) is 6.76. The monoisotopic (exact) mass is 440 g/mol. The zero-order valence-electron chi connectivity index (χ0n) is 18.4. The number of benzene rings is 2. The third kappa shape index (κ3) is 4.12. The van der Waals surface area contributed by atoms with Crippen molar-refractivity contribution in [2.75, 3.05) is 0 Å². The molecule has 32 heavy (non-hydrogen) atoms. The van der Waals surface area contributed by atoms with Crippen molar-refractivity contribution in [2.24, 2.45) is 5.92 Å². The van der Waals surface area contributed by atoms with E-state index in [1.54, 1.807) is 0 Å². The lowest BCUT2D eigenvalue weighted by atomic mass is 9.69. The maximum Gasteiger partial charge on any atom is 0.197 e. The first-order valence-corrected chi connectivity index (χ1v) is 10.7. The van der Waals surface area contributed by atoms with Gasteiger partial charge in [-0.05, 0) is 70.6 Å². The van der Waals surface area contributed by atoms with Crippen LogP contribution in [0.2, 0.25) is 0 Å². The van der Waals surface area contributed by atoms with E-state index < -0.39 is 5.43 Å². The topological polar surface area (TPSA) is 120 Å². The normalized spacial score (nSPS) is 23.5. The first kappa shape index (κ1) is 22.0. The van der Waals surface area contributed by atoms with Crippen molar-refractivity contribution >= 4 is 11.0 Å². The number of rotatable bonds is 1. The van der Waals surface area contributed by atoms with Crippen molar-refractivity contribution in [3.63, 3.8) is 0 Å². The molecule has 3 fully saturated rings. The van der Waals surface area contributed by atoms with Crippen molar-refractivity contribution in [1.29, 1.82) is 0 Å². The van der Waals surface area contributed by atoms with Crippen LogP contribution in [0.15, 0.2) is 45.6 Å². The second-order valence-electron chi connectivity index (χ2n) is 9.45. The van der Waals surface area contributed by atoms with Crippen molar-refractivity contribution in [3.8, 4) is 34.3 Å². The van der Waals surface area contributed by atoms with Crippen molar-refractivity contribution in [3.05, 3.63) is 46.6 Å². The molecule has 170 valence electrons. The molecule has 3 aromatic rings. The maximum atomic E-state index is 12.0. The molecule has 3 aliphatic rings. The standard InChI is InChI=1S/C15H10O6.C10H18O/c16-8-4-11(19)15-12(20)6-13(21-14(15)5-8)7-1-2-9(17)10(18)3-7;1-9(2)8-4-6-10(3,11-9)7-5-8/h1-6,16-19H;8H,4-7H2,1-3H3. The zero-order valence-corrected chi connectivity index (χ0v) is 18.4. The van der Waals surface area contributed by atoms with Crippen molar-refractivity contribution in [2.45, 2.75) is 57.7 Å². The highest BCUT2D eigenvalue weighted by Gasteiger charge is 2.48. The van der Waals surface area contributed by atoms with Crippen LogP contribution in [0, 0.1) is 5.92 Å². The number of aromatic hydroxyl groups is 4. The lowest BCUT2D eigenvalue weighted by molar-refractivity contribution is -0.229. The van der Waals surface area contributed by atoms with E-state index in [0.29, 0.717) is 5.56 Å². The molecule has 7 heteroatoms. The van der Waals surface area contributed by atoms with E-state index in [1.807, 2.05) is 0 Å². The molecule has 1 saturated carbocycles. The van der Waals surface area contributed by atoms with Crippen LogP contribution in [0.3, 0.4) is 0 Å². The fourth-order valence-electron chi connectivity index (χ4n) is 4.82. The Morgan fingerprint density at radius 2 is 1.56 bits per heavy atom. The van der Waals surface area contributed by atoms with Crippen LogP contribution in [-0.4, -0.2) is 31.6 Å². The molecule has 7 nitrogen and oxygen atoms in total. The van der Waals surface area contributed by atoms with Gasteiger partial charge in [-0.3, -0.25) is 4.79 Å². The Morgan fingerprint density at radius 1 is 0.875 bits per heavy atom. The predicted molar refractivity (Wildman–Crippen MR) is 120 cm³/mol. The molecule has 0 spiro atoms. The van der Waals surface area contributed by atoms with E-state index in [4.69, 9.17) is 9.15 Å². The lowest BCUT2D eigenvalue weighted by Crippen LogP contribution is -2.53. The fraction of sp³-hybridized carbons (Fsp3) is 0.400. The van der Waals surface area contributed by atoms with Crippen LogP contribution in [0.5, 0.6) is 23.0 Å². The minimum absolute atomic E-state index is 0.0163. The summed E-state index contributed by atoms with van der Waals surface area (Å²) in [6, 6.07) is 7.37. The second kappa shape index (κ2) is 7.74. The van der Waals surface area contributed by atoms with Gasteiger partial charge in [0.05, 0.1) is 11.2 Å². The molecular weight excluding hydrogens is 412 g/mol. The molecule has 4 N–H and O–H groups in total. The van der Waals surface area contributed by atoms with Gasteiger partial charge in [0.25, 0.3) is 0 Å². The molecule has 1 aromatic heterocycles. The first-order valence-electron chi connectivity index (χ1n) is 10.7. The molecule has 2 bridgehead atoms. The van der Waals surface area contributed by atoms with Gasteiger partial charge in [-0.1, -0.05) is 0 Å². The number of phenols is 4. The maximum absolute atomic E-state index is 12.0. The van der Waals surface area contributed by atoms with Gasteiger partial charge in [-0.15, -0.1) is 0 Å². The van der Waals surface area contributed by atoms with E-state index in [-0.39, 0.29) is 50.9 Å². The Morgan fingerprint density at radius 3 is 2.12 bits per heavy atom. The van der Waals surface area contributed by atoms with Crippen LogP contribution in [-0.2, 0) is 4.74 Å². The fourth-order valence-corrected chi connectivity index (χ4v) is 4.82. The highest BCUT2D eigenvalue weighted by atomic mass is 16.5.